The average molecular weight is 174 g/mol. The van der Waals surface area contributed by atoms with Crippen molar-refractivity contribution in [3.63, 3.8) is 0 Å². The predicted octanol–water partition coefficient (Wildman–Crippen LogP) is 0.141. The van der Waals surface area contributed by atoms with E-state index in [2.05, 4.69) is 20.5 Å². The molecule has 12 heavy (non-hydrogen) atoms. The summed E-state index contributed by atoms with van der Waals surface area (Å²) >= 11 is 0. The Labute approximate surface area is 68.7 Å². The van der Waals surface area contributed by atoms with Gasteiger partial charge in [0.05, 0.1) is 12.6 Å². The summed E-state index contributed by atoms with van der Waals surface area (Å²) in [6, 6.07) is 0. The first-order valence-corrected chi connectivity index (χ1v) is 3.23. The second kappa shape index (κ2) is 5.22. The standard InChI is InChI=1S/C5H10N4O3/c1-3(12-5(6)11)4(10)2-8-9-7/h3-4,10H,2H2,1H3,(H2,6,11)/t3-,4?/m0/s1. The van der Waals surface area contributed by atoms with Gasteiger partial charge in [-0.3, -0.25) is 0 Å². The summed E-state index contributed by atoms with van der Waals surface area (Å²) in [4.78, 5) is 12.6. The molecule has 0 aliphatic rings. The van der Waals surface area contributed by atoms with Gasteiger partial charge in [0, 0.05) is 4.91 Å². The van der Waals surface area contributed by atoms with Gasteiger partial charge in [-0.2, -0.15) is 0 Å². The summed E-state index contributed by atoms with van der Waals surface area (Å²) in [5.74, 6) is 0. The summed E-state index contributed by atoms with van der Waals surface area (Å²) in [5, 5.41) is 12.2. The molecule has 0 heterocycles. The largest absolute Gasteiger partial charge is 0.444 e. The predicted molar refractivity (Wildman–Crippen MR) is 40.2 cm³/mol. The summed E-state index contributed by atoms with van der Waals surface area (Å²) in [6.07, 6.45) is -2.76. The number of aliphatic hydroxyl groups excluding tert-OH is 1. The number of rotatable bonds is 4. The summed E-state index contributed by atoms with van der Waals surface area (Å²) in [7, 11) is 0. The Morgan fingerprint density at radius 1 is 1.92 bits per heavy atom. The fourth-order valence-electron chi connectivity index (χ4n) is 0.530. The lowest BCUT2D eigenvalue weighted by molar-refractivity contribution is 0.0217. The van der Waals surface area contributed by atoms with E-state index in [0.29, 0.717) is 0 Å². The summed E-state index contributed by atoms with van der Waals surface area (Å²) < 4.78 is 4.41. The highest BCUT2D eigenvalue weighted by molar-refractivity contribution is 5.64. The first kappa shape index (κ1) is 10.5. The van der Waals surface area contributed by atoms with E-state index in [1.54, 1.807) is 0 Å². The highest BCUT2D eigenvalue weighted by Crippen LogP contribution is 1.98. The minimum Gasteiger partial charge on any atom is -0.444 e. The maximum absolute atomic E-state index is 10.2. The van der Waals surface area contributed by atoms with Gasteiger partial charge in [0.15, 0.2) is 0 Å². The number of nitrogens with two attached hydrogens (primary N) is 1. The molecule has 0 rings (SSSR count). The lowest BCUT2D eigenvalue weighted by atomic mass is 10.2. The van der Waals surface area contributed by atoms with Gasteiger partial charge in [-0.15, -0.1) is 0 Å². The van der Waals surface area contributed by atoms with Gasteiger partial charge in [0.2, 0.25) is 0 Å². The van der Waals surface area contributed by atoms with Gasteiger partial charge in [0.25, 0.3) is 0 Å². The molecule has 3 N–H and O–H groups in total. The van der Waals surface area contributed by atoms with Gasteiger partial charge in [-0.1, -0.05) is 5.11 Å². The third-order valence-corrected chi connectivity index (χ3v) is 1.18. The molecule has 0 spiro atoms. The molecule has 0 saturated carbocycles. The number of primary amides is 1. The summed E-state index contributed by atoms with van der Waals surface area (Å²) in [5.41, 5.74) is 12.6. The Bertz CT molecular complexity index is 193. The number of hydrogen-bond donors (Lipinski definition) is 2. The number of azide groups is 1. The molecule has 0 fully saturated rings. The lowest BCUT2D eigenvalue weighted by Gasteiger charge is -2.15. The molecule has 0 aliphatic carbocycles. The van der Waals surface area contributed by atoms with Crippen molar-refractivity contribution in [3.8, 4) is 0 Å². The van der Waals surface area contributed by atoms with Gasteiger partial charge >= 0.3 is 6.09 Å². The Balaban J connectivity index is 3.83. The van der Waals surface area contributed by atoms with E-state index in [4.69, 9.17) is 10.6 Å². The minimum absolute atomic E-state index is 0.148. The maximum atomic E-state index is 10.2. The van der Waals surface area contributed by atoms with Crippen LogP contribution in [-0.2, 0) is 4.74 Å². The van der Waals surface area contributed by atoms with E-state index < -0.39 is 18.3 Å². The molecule has 0 aromatic rings. The molecular weight excluding hydrogens is 164 g/mol. The second-order valence-corrected chi connectivity index (χ2v) is 2.12. The SMILES string of the molecule is C[C@H](OC(N)=O)C(O)CN=[N+]=[N-]. The smallest absolute Gasteiger partial charge is 0.404 e. The normalized spacial score (nSPS) is 14.2. The molecule has 0 bridgehead atoms. The van der Waals surface area contributed by atoms with E-state index >= 15 is 0 Å². The molecule has 1 unspecified atom stereocenters. The Morgan fingerprint density at radius 2 is 2.50 bits per heavy atom. The number of carbonyl (C=O) groups excluding carboxylic acids is 1. The third kappa shape index (κ3) is 4.37. The van der Waals surface area contributed by atoms with Crippen LogP contribution in [0.3, 0.4) is 0 Å². The molecule has 7 nitrogen and oxygen atoms in total. The molecule has 68 valence electrons. The highest BCUT2D eigenvalue weighted by Gasteiger charge is 2.15. The van der Waals surface area contributed by atoms with E-state index in [9.17, 15) is 4.79 Å². The van der Waals surface area contributed by atoms with Crippen LogP contribution in [0.1, 0.15) is 6.92 Å². The molecular formula is C5H10N4O3. The fraction of sp³-hybridized carbons (Fsp3) is 0.800. The molecule has 0 aromatic carbocycles. The molecule has 7 heteroatoms. The molecule has 0 aliphatic heterocycles. The zero-order chi connectivity index (χ0) is 9.56. The molecule has 1 amide bonds. The van der Waals surface area contributed by atoms with E-state index in [-0.39, 0.29) is 6.54 Å². The van der Waals surface area contributed by atoms with Crippen LogP contribution in [-0.4, -0.2) is 30.0 Å². The van der Waals surface area contributed by atoms with Crippen LogP contribution in [0, 0.1) is 0 Å². The van der Waals surface area contributed by atoms with Crippen molar-refractivity contribution in [2.75, 3.05) is 6.54 Å². The van der Waals surface area contributed by atoms with Crippen molar-refractivity contribution < 1.29 is 14.6 Å². The lowest BCUT2D eigenvalue weighted by Crippen LogP contribution is -2.32. The van der Waals surface area contributed by atoms with Crippen LogP contribution >= 0.6 is 0 Å². The summed E-state index contributed by atoms with van der Waals surface area (Å²) in [6.45, 7) is 1.30. The minimum atomic E-state index is -1.02. The first-order chi connectivity index (χ1) is 5.57. The Morgan fingerprint density at radius 3 is 2.92 bits per heavy atom. The fourth-order valence-corrected chi connectivity index (χ4v) is 0.530. The molecule has 0 aromatic heterocycles. The number of ether oxygens (including phenoxy) is 1. The average Bonchev–Trinajstić information content (AvgIpc) is 1.98. The van der Waals surface area contributed by atoms with Crippen LogP contribution in [0.25, 0.3) is 10.4 Å². The zero-order valence-electron chi connectivity index (χ0n) is 6.54. The van der Waals surface area contributed by atoms with Crippen LogP contribution in [0.2, 0.25) is 0 Å². The van der Waals surface area contributed by atoms with Crippen molar-refractivity contribution in [3.05, 3.63) is 10.4 Å². The van der Waals surface area contributed by atoms with Gasteiger partial charge in [-0.05, 0) is 12.5 Å². The van der Waals surface area contributed by atoms with Gasteiger partial charge in [0.1, 0.15) is 6.10 Å². The first-order valence-electron chi connectivity index (χ1n) is 3.23. The molecule has 0 saturated heterocycles. The van der Waals surface area contributed by atoms with Crippen molar-refractivity contribution in [2.45, 2.75) is 19.1 Å². The molecule has 0 radical (unpaired) electrons. The Hall–Kier alpha value is -1.46. The van der Waals surface area contributed by atoms with Crippen LogP contribution in [0.4, 0.5) is 4.79 Å². The van der Waals surface area contributed by atoms with E-state index in [1.807, 2.05) is 0 Å². The van der Waals surface area contributed by atoms with Crippen LogP contribution in [0.5, 0.6) is 0 Å². The van der Waals surface area contributed by atoms with Crippen LogP contribution in [0.15, 0.2) is 5.11 Å². The quantitative estimate of drug-likeness (QED) is 0.358. The van der Waals surface area contributed by atoms with Gasteiger partial charge in [-0.25, -0.2) is 4.79 Å². The van der Waals surface area contributed by atoms with E-state index in [1.165, 1.54) is 6.92 Å². The number of carbonyl (C=O) groups is 1. The maximum Gasteiger partial charge on any atom is 0.404 e. The van der Waals surface area contributed by atoms with Crippen molar-refractivity contribution in [1.29, 1.82) is 0 Å². The molecule has 2 atom stereocenters. The number of nitrogens with zero attached hydrogens (tertiary/aromatic N) is 3. The Kier molecular flexibility index (Phi) is 4.59. The van der Waals surface area contributed by atoms with E-state index in [0.717, 1.165) is 0 Å². The van der Waals surface area contributed by atoms with Crippen molar-refractivity contribution in [2.24, 2.45) is 10.8 Å². The second-order valence-electron chi connectivity index (χ2n) is 2.12. The third-order valence-electron chi connectivity index (χ3n) is 1.18. The highest BCUT2D eigenvalue weighted by atomic mass is 16.6. The number of amides is 1. The monoisotopic (exact) mass is 174 g/mol. The van der Waals surface area contributed by atoms with Crippen molar-refractivity contribution in [1.82, 2.24) is 0 Å². The number of hydrogen-bond acceptors (Lipinski definition) is 4. The van der Waals surface area contributed by atoms with Gasteiger partial charge < -0.3 is 15.6 Å². The van der Waals surface area contributed by atoms with Crippen LogP contribution < -0.4 is 5.73 Å². The number of aliphatic hydroxyl groups is 1. The topological polar surface area (TPSA) is 121 Å². The van der Waals surface area contributed by atoms with Crippen molar-refractivity contribution >= 4 is 6.09 Å². The zero-order valence-corrected chi connectivity index (χ0v) is 6.54.